The lowest BCUT2D eigenvalue weighted by Gasteiger charge is -2.42. The Hall–Kier alpha value is -1.96. The summed E-state index contributed by atoms with van der Waals surface area (Å²) >= 11 is 1.41. The number of hydrogen-bond donors (Lipinski definition) is 1. The van der Waals surface area contributed by atoms with Crippen molar-refractivity contribution in [3.63, 3.8) is 0 Å². The fraction of sp³-hybridized carbons (Fsp3) is 0.625. The summed E-state index contributed by atoms with van der Waals surface area (Å²) in [6.07, 6.45) is 1.48. The highest BCUT2D eigenvalue weighted by Gasteiger charge is 2.57. The van der Waals surface area contributed by atoms with Crippen LogP contribution in [-0.4, -0.2) is 64.2 Å². The topological polar surface area (TPSA) is 82.6 Å². The molecule has 3 fully saturated rings. The van der Waals surface area contributed by atoms with Gasteiger partial charge in [-0.3, -0.25) is 14.4 Å². The number of aromatic nitrogens is 1. The number of amides is 3. The SMILES string of the molecule is CC(=O)N1C[C@@H]2C(=O)NC3(CCN(C(=O)c4cscn4)CC3)[C@@H]2C1. The Balaban J connectivity index is 1.47. The van der Waals surface area contributed by atoms with Gasteiger partial charge in [-0.1, -0.05) is 0 Å². The number of fused-ring (bicyclic) bond motifs is 2. The van der Waals surface area contributed by atoms with Crippen molar-refractivity contribution in [2.45, 2.75) is 25.3 Å². The lowest BCUT2D eigenvalue weighted by atomic mass is 9.75. The molecule has 0 bridgehead atoms. The molecule has 3 saturated heterocycles. The number of carbonyl (C=O) groups excluding carboxylic acids is 3. The number of rotatable bonds is 1. The summed E-state index contributed by atoms with van der Waals surface area (Å²) < 4.78 is 0. The van der Waals surface area contributed by atoms with E-state index >= 15 is 0 Å². The third kappa shape index (κ3) is 2.31. The molecule has 4 heterocycles. The molecule has 0 aromatic carbocycles. The third-order valence-electron chi connectivity index (χ3n) is 5.78. The highest BCUT2D eigenvalue weighted by Crippen LogP contribution is 2.44. The van der Waals surface area contributed by atoms with Gasteiger partial charge in [0, 0.05) is 49.9 Å². The second-order valence-corrected chi connectivity index (χ2v) is 7.67. The highest BCUT2D eigenvalue weighted by molar-refractivity contribution is 7.07. The number of nitrogens with one attached hydrogen (secondary N) is 1. The summed E-state index contributed by atoms with van der Waals surface area (Å²) in [6.45, 7) is 3.94. The molecule has 0 unspecified atom stereocenters. The van der Waals surface area contributed by atoms with E-state index in [4.69, 9.17) is 0 Å². The molecule has 7 nitrogen and oxygen atoms in total. The van der Waals surface area contributed by atoms with Crippen LogP contribution in [0.3, 0.4) is 0 Å². The molecular formula is C16H20N4O3S. The van der Waals surface area contributed by atoms with Crippen molar-refractivity contribution < 1.29 is 14.4 Å². The van der Waals surface area contributed by atoms with E-state index in [-0.39, 0.29) is 35.1 Å². The Labute approximate surface area is 144 Å². The van der Waals surface area contributed by atoms with Crippen molar-refractivity contribution in [3.05, 3.63) is 16.6 Å². The molecular weight excluding hydrogens is 328 g/mol. The van der Waals surface area contributed by atoms with Crippen LogP contribution >= 0.6 is 11.3 Å². The zero-order valence-corrected chi connectivity index (χ0v) is 14.3. The van der Waals surface area contributed by atoms with Gasteiger partial charge in [0.1, 0.15) is 5.69 Å². The van der Waals surface area contributed by atoms with Crippen LogP contribution in [0, 0.1) is 11.8 Å². The second kappa shape index (κ2) is 5.54. The van der Waals surface area contributed by atoms with Gasteiger partial charge < -0.3 is 15.1 Å². The summed E-state index contributed by atoms with van der Waals surface area (Å²) in [5.74, 6) is 0.107. The maximum absolute atomic E-state index is 12.4. The molecule has 4 rings (SSSR count). The molecule has 24 heavy (non-hydrogen) atoms. The summed E-state index contributed by atoms with van der Waals surface area (Å²) in [4.78, 5) is 44.1. The normalized spacial score (nSPS) is 28.1. The first-order chi connectivity index (χ1) is 11.5. The first kappa shape index (κ1) is 15.6. The molecule has 0 saturated carbocycles. The van der Waals surface area contributed by atoms with Crippen molar-refractivity contribution in [1.82, 2.24) is 20.1 Å². The van der Waals surface area contributed by atoms with E-state index in [1.54, 1.807) is 22.7 Å². The number of carbonyl (C=O) groups is 3. The Morgan fingerprint density at radius 1 is 1.29 bits per heavy atom. The first-order valence-electron chi connectivity index (χ1n) is 8.25. The van der Waals surface area contributed by atoms with Gasteiger partial charge in [-0.05, 0) is 12.8 Å². The molecule has 8 heteroatoms. The number of piperidine rings is 1. The Morgan fingerprint density at radius 3 is 2.67 bits per heavy atom. The molecule has 2 atom stereocenters. The maximum Gasteiger partial charge on any atom is 0.273 e. The number of thiazole rings is 1. The Morgan fingerprint density at radius 2 is 2.04 bits per heavy atom. The minimum Gasteiger partial charge on any atom is -0.350 e. The van der Waals surface area contributed by atoms with E-state index < -0.39 is 0 Å². The molecule has 1 aromatic rings. The van der Waals surface area contributed by atoms with Crippen LogP contribution in [0.25, 0.3) is 0 Å². The van der Waals surface area contributed by atoms with E-state index in [0.29, 0.717) is 31.9 Å². The van der Waals surface area contributed by atoms with Gasteiger partial charge in [0.2, 0.25) is 11.8 Å². The van der Waals surface area contributed by atoms with Crippen molar-refractivity contribution >= 4 is 29.1 Å². The zero-order chi connectivity index (χ0) is 16.9. The van der Waals surface area contributed by atoms with Crippen molar-refractivity contribution in [1.29, 1.82) is 0 Å². The summed E-state index contributed by atoms with van der Waals surface area (Å²) in [7, 11) is 0. The van der Waals surface area contributed by atoms with Crippen molar-refractivity contribution in [2.24, 2.45) is 11.8 Å². The molecule has 128 valence electrons. The molecule has 1 N–H and O–H groups in total. The third-order valence-corrected chi connectivity index (χ3v) is 6.36. The van der Waals surface area contributed by atoms with Crippen molar-refractivity contribution in [2.75, 3.05) is 26.2 Å². The highest BCUT2D eigenvalue weighted by atomic mass is 32.1. The van der Waals surface area contributed by atoms with E-state index in [9.17, 15) is 14.4 Å². The standard InChI is InChI=1S/C16H20N4O3S/c1-10(21)20-6-11-12(7-20)16(18-14(11)22)2-4-19(5-3-16)15(23)13-8-24-9-17-13/h8-9,11-12H,2-7H2,1H3,(H,18,22)/t11-,12+/m0/s1. The number of hydrogen-bond acceptors (Lipinski definition) is 5. The van der Waals surface area contributed by atoms with Gasteiger partial charge in [0.15, 0.2) is 0 Å². The van der Waals surface area contributed by atoms with Crippen LogP contribution in [0.15, 0.2) is 10.9 Å². The second-order valence-electron chi connectivity index (χ2n) is 6.95. The van der Waals surface area contributed by atoms with Crippen molar-refractivity contribution in [3.8, 4) is 0 Å². The molecule has 1 spiro atoms. The van der Waals surface area contributed by atoms with Crippen LogP contribution < -0.4 is 5.32 Å². The minimum absolute atomic E-state index is 0.0310. The van der Waals surface area contributed by atoms with Gasteiger partial charge in [0.05, 0.1) is 11.4 Å². The van der Waals surface area contributed by atoms with Gasteiger partial charge in [-0.15, -0.1) is 11.3 Å². The predicted molar refractivity (Wildman–Crippen MR) is 87.4 cm³/mol. The molecule has 0 radical (unpaired) electrons. The average molecular weight is 348 g/mol. The van der Waals surface area contributed by atoms with E-state index in [1.165, 1.54) is 11.3 Å². The molecule has 1 aromatic heterocycles. The zero-order valence-electron chi connectivity index (χ0n) is 13.5. The average Bonchev–Trinajstić information content (AvgIpc) is 3.27. The smallest absolute Gasteiger partial charge is 0.273 e. The fourth-order valence-corrected chi connectivity index (χ4v) is 4.93. The Kier molecular flexibility index (Phi) is 3.59. The summed E-state index contributed by atoms with van der Waals surface area (Å²) in [5.41, 5.74) is 1.88. The minimum atomic E-state index is -0.273. The maximum atomic E-state index is 12.4. The van der Waals surface area contributed by atoms with Crippen LogP contribution in [0.1, 0.15) is 30.3 Å². The van der Waals surface area contributed by atoms with Crippen LogP contribution in [0.2, 0.25) is 0 Å². The number of likely N-dealkylation sites (tertiary alicyclic amines) is 2. The van der Waals surface area contributed by atoms with Gasteiger partial charge >= 0.3 is 0 Å². The largest absolute Gasteiger partial charge is 0.350 e. The summed E-state index contributed by atoms with van der Waals surface area (Å²) in [6, 6.07) is 0. The van der Waals surface area contributed by atoms with Crippen LogP contribution in [0.5, 0.6) is 0 Å². The van der Waals surface area contributed by atoms with E-state index in [0.717, 1.165) is 12.8 Å². The lowest BCUT2D eigenvalue weighted by molar-refractivity contribution is -0.129. The number of nitrogens with zero attached hydrogens (tertiary/aromatic N) is 3. The predicted octanol–water partition coefficient (Wildman–Crippen LogP) is 0.342. The quantitative estimate of drug-likeness (QED) is 0.793. The summed E-state index contributed by atoms with van der Waals surface area (Å²) in [5, 5.41) is 4.96. The lowest BCUT2D eigenvalue weighted by Crippen LogP contribution is -2.56. The Bertz CT molecular complexity index is 682. The molecule has 3 aliphatic heterocycles. The molecule has 3 amide bonds. The fourth-order valence-electron chi connectivity index (χ4n) is 4.40. The van der Waals surface area contributed by atoms with Crippen LogP contribution in [0.4, 0.5) is 0 Å². The van der Waals surface area contributed by atoms with Gasteiger partial charge in [0.25, 0.3) is 5.91 Å². The monoisotopic (exact) mass is 348 g/mol. The first-order valence-corrected chi connectivity index (χ1v) is 9.19. The van der Waals surface area contributed by atoms with E-state index in [1.807, 2.05) is 4.90 Å². The van der Waals surface area contributed by atoms with E-state index in [2.05, 4.69) is 10.3 Å². The van der Waals surface area contributed by atoms with Gasteiger partial charge in [-0.25, -0.2) is 4.98 Å². The van der Waals surface area contributed by atoms with Crippen LogP contribution in [-0.2, 0) is 9.59 Å². The van der Waals surface area contributed by atoms with Gasteiger partial charge in [-0.2, -0.15) is 0 Å². The molecule has 0 aliphatic carbocycles. The molecule has 3 aliphatic rings.